The van der Waals surface area contributed by atoms with E-state index in [0.29, 0.717) is 34.6 Å². The van der Waals surface area contributed by atoms with Crippen molar-refractivity contribution < 1.29 is 18.7 Å². The third-order valence-corrected chi connectivity index (χ3v) is 4.34. The molecule has 0 aliphatic heterocycles. The lowest BCUT2D eigenvalue weighted by Gasteiger charge is -2.13. The first kappa shape index (κ1) is 18.7. The van der Waals surface area contributed by atoms with Crippen LogP contribution < -0.4 is 15.4 Å². The number of furan rings is 1. The average molecular weight is 385 g/mol. The van der Waals surface area contributed by atoms with Gasteiger partial charge in [0.25, 0.3) is 5.91 Å². The van der Waals surface area contributed by atoms with Gasteiger partial charge in [-0.15, -0.1) is 11.3 Å². The Morgan fingerprint density at radius 1 is 1.22 bits per heavy atom. The van der Waals surface area contributed by atoms with Crippen LogP contribution in [0.2, 0.25) is 0 Å². The molecule has 0 fully saturated rings. The van der Waals surface area contributed by atoms with Crippen LogP contribution in [0.3, 0.4) is 0 Å². The number of ether oxygens (including phenoxy) is 1. The Kier molecular flexibility index (Phi) is 5.87. The number of para-hydroxylation sites is 1. The molecular formula is C19H19N3O4S. The molecule has 2 aromatic heterocycles. The van der Waals surface area contributed by atoms with Crippen LogP contribution in [0.5, 0.6) is 5.75 Å². The first-order valence-electron chi connectivity index (χ1n) is 8.33. The topological polar surface area (TPSA) is 93.5 Å². The van der Waals surface area contributed by atoms with Crippen molar-refractivity contribution in [1.82, 2.24) is 10.3 Å². The molecular weight excluding hydrogens is 366 g/mol. The molecule has 140 valence electrons. The SMILES string of the molecule is CC(=O)NCc1ccc(-c2csc(NC(=O)C(C)Oc3ccccc3)n2)o1. The highest BCUT2D eigenvalue weighted by Crippen LogP contribution is 2.26. The first-order chi connectivity index (χ1) is 13.0. The number of hydrogen-bond donors (Lipinski definition) is 2. The van der Waals surface area contributed by atoms with Crippen molar-refractivity contribution in [2.45, 2.75) is 26.5 Å². The Bertz CT molecular complexity index is 920. The number of rotatable bonds is 7. The third-order valence-electron chi connectivity index (χ3n) is 3.59. The molecule has 1 atom stereocenters. The Labute approximate surface area is 160 Å². The number of anilines is 1. The van der Waals surface area contributed by atoms with E-state index in [2.05, 4.69) is 15.6 Å². The van der Waals surface area contributed by atoms with Crippen molar-refractivity contribution in [3.8, 4) is 17.2 Å². The zero-order chi connectivity index (χ0) is 19.2. The number of thiazole rings is 1. The second-order valence-corrected chi connectivity index (χ2v) is 6.63. The number of benzene rings is 1. The summed E-state index contributed by atoms with van der Waals surface area (Å²) in [6.07, 6.45) is -0.660. The summed E-state index contributed by atoms with van der Waals surface area (Å²) < 4.78 is 11.3. The average Bonchev–Trinajstić information content (AvgIpc) is 3.30. The Morgan fingerprint density at radius 3 is 2.74 bits per heavy atom. The van der Waals surface area contributed by atoms with Crippen LogP contribution >= 0.6 is 11.3 Å². The molecule has 0 saturated carbocycles. The summed E-state index contributed by atoms with van der Waals surface area (Å²) >= 11 is 1.30. The number of carbonyl (C=O) groups excluding carboxylic acids is 2. The quantitative estimate of drug-likeness (QED) is 0.650. The summed E-state index contributed by atoms with van der Waals surface area (Å²) in [6.45, 7) is 3.44. The summed E-state index contributed by atoms with van der Waals surface area (Å²) in [4.78, 5) is 27.6. The van der Waals surface area contributed by atoms with Crippen LogP contribution in [0.4, 0.5) is 5.13 Å². The van der Waals surface area contributed by atoms with Gasteiger partial charge >= 0.3 is 0 Å². The van der Waals surface area contributed by atoms with E-state index in [0.717, 1.165) is 0 Å². The molecule has 2 heterocycles. The number of hydrogen-bond acceptors (Lipinski definition) is 6. The maximum absolute atomic E-state index is 12.3. The number of aromatic nitrogens is 1. The molecule has 0 aliphatic rings. The van der Waals surface area contributed by atoms with Crippen LogP contribution in [0.25, 0.3) is 11.5 Å². The standard InChI is InChI=1S/C19H19N3O4S/c1-12(25-14-6-4-3-5-7-14)18(24)22-19-21-16(11-27-19)17-9-8-15(26-17)10-20-13(2)23/h3-9,11-12H,10H2,1-2H3,(H,20,23)(H,21,22,24). The van der Waals surface area contributed by atoms with Crippen molar-refractivity contribution in [1.29, 1.82) is 0 Å². The van der Waals surface area contributed by atoms with Gasteiger partial charge in [0.15, 0.2) is 17.0 Å². The van der Waals surface area contributed by atoms with Crippen LogP contribution in [0.15, 0.2) is 52.3 Å². The minimum absolute atomic E-state index is 0.126. The summed E-state index contributed by atoms with van der Waals surface area (Å²) in [5.41, 5.74) is 0.612. The highest BCUT2D eigenvalue weighted by molar-refractivity contribution is 7.14. The molecule has 2 N–H and O–H groups in total. The molecule has 0 spiro atoms. The van der Waals surface area contributed by atoms with E-state index in [9.17, 15) is 9.59 Å². The predicted octanol–water partition coefficient (Wildman–Crippen LogP) is 3.45. The summed E-state index contributed by atoms with van der Waals surface area (Å²) in [5.74, 6) is 1.41. The fraction of sp³-hybridized carbons (Fsp3) is 0.211. The van der Waals surface area contributed by atoms with E-state index >= 15 is 0 Å². The van der Waals surface area contributed by atoms with Gasteiger partial charge in [-0.3, -0.25) is 14.9 Å². The van der Waals surface area contributed by atoms with Crippen molar-refractivity contribution in [2.24, 2.45) is 0 Å². The lowest BCUT2D eigenvalue weighted by atomic mass is 10.3. The summed E-state index contributed by atoms with van der Waals surface area (Å²) in [6, 6.07) is 12.7. The van der Waals surface area contributed by atoms with Gasteiger partial charge in [0.2, 0.25) is 5.91 Å². The molecule has 3 rings (SSSR count). The molecule has 0 bridgehead atoms. The molecule has 1 aromatic carbocycles. The minimum Gasteiger partial charge on any atom is -0.481 e. The lowest BCUT2D eigenvalue weighted by Crippen LogP contribution is -2.30. The van der Waals surface area contributed by atoms with E-state index in [1.807, 2.05) is 18.2 Å². The minimum atomic E-state index is -0.660. The van der Waals surface area contributed by atoms with Gasteiger partial charge in [-0.1, -0.05) is 18.2 Å². The molecule has 27 heavy (non-hydrogen) atoms. The number of amides is 2. The van der Waals surface area contributed by atoms with Gasteiger partial charge in [0.1, 0.15) is 17.2 Å². The van der Waals surface area contributed by atoms with Gasteiger partial charge in [0.05, 0.1) is 6.54 Å². The zero-order valence-electron chi connectivity index (χ0n) is 14.9. The fourth-order valence-electron chi connectivity index (χ4n) is 2.23. The van der Waals surface area contributed by atoms with Crippen LogP contribution in [0.1, 0.15) is 19.6 Å². The zero-order valence-corrected chi connectivity index (χ0v) is 15.7. The summed E-state index contributed by atoms with van der Waals surface area (Å²) in [7, 11) is 0. The fourth-order valence-corrected chi connectivity index (χ4v) is 2.93. The van der Waals surface area contributed by atoms with Crippen molar-refractivity contribution >= 4 is 28.3 Å². The Hall–Kier alpha value is -3.13. The van der Waals surface area contributed by atoms with E-state index in [-0.39, 0.29) is 11.8 Å². The van der Waals surface area contributed by atoms with E-state index in [4.69, 9.17) is 9.15 Å². The van der Waals surface area contributed by atoms with E-state index in [1.165, 1.54) is 18.3 Å². The summed E-state index contributed by atoms with van der Waals surface area (Å²) in [5, 5.41) is 7.66. The largest absolute Gasteiger partial charge is 0.481 e. The third kappa shape index (κ3) is 5.18. The maximum Gasteiger partial charge on any atom is 0.266 e. The van der Waals surface area contributed by atoms with Gasteiger partial charge in [-0.05, 0) is 31.2 Å². The molecule has 0 saturated heterocycles. The maximum atomic E-state index is 12.3. The van der Waals surface area contributed by atoms with E-state index in [1.54, 1.807) is 36.6 Å². The highest BCUT2D eigenvalue weighted by atomic mass is 32.1. The molecule has 0 aliphatic carbocycles. The predicted molar refractivity (Wildman–Crippen MR) is 102 cm³/mol. The normalized spacial score (nSPS) is 11.6. The van der Waals surface area contributed by atoms with Crippen molar-refractivity contribution in [2.75, 3.05) is 5.32 Å². The highest BCUT2D eigenvalue weighted by Gasteiger charge is 2.17. The van der Waals surface area contributed by atoms with Crippen LogP contribution in [0, 0.1) is 0 Å². The number of carbonyl (C=O) groups is 2. The molecule has 3 aromatic rings. The molecule has 2 amide bonds. The van der Waals surface area contributed by atoms with Gasteiger partial charge in [-0.25, -0.2) is 4.98 Å². The van der Waals surface area contributed by atoms with Crippen molar-refractivity contribution in [3.05, 3.63) is 53.6 Å². The number of nitrogens with zero attached hydrogens (tertiary/aromatic N) is 1. The number of nitrogens with one attached hydrogen (secondary N) is 2. The van der Waals surface area contributed by atoms with Crippen LogP contribution in [-0.4, -0.2) is 22.9 Å². The van der Waals surface area contributed by atoms with Gasteiger partial charge in [-0.2, -0.15) is 0 Å². The molecule has 0 radical (unpaired) electrons. The van der Waals surface area contributed by atoms with Gasteiger partial charge < -0.3 is 14.5 Å². The molecule has 8 heteroatoms. The molecule has 1 unspecified atom stereocenters. The smallest absolute Gasteiger partial charge is 0.266 e. The van der Waals surface area contributed by atoms with Gasteiger partial charge in [0, 0.05) is 12.3 Å². The Morgan fingerprint density at radius 2 is 2.00 bits per heavy atom. The monoisotopic (exact) mass is 385 g/mol. The van der Waals surface area contributed by atoms with Crippen molar-refractivity contribution in [3.63, 3.8) is 0 Å². The van der Waals surface area contributed by atoms with Crippen LogP contribution in [-0.2, 0) is 16.1 Å². The van der Waals surface area contributed by atoms with E-state index < -0.39 is 6.10 Å². The Balaban J connectivity index is 1.59. The molecule has 7 nitrogen and oxygen atoms in total. The second-order valence-electron chi connectivity index (χ2n) is 5.78. The first-order valence-corrected chi connectivity index (χ1v) is 9.21. The second kappa shape index (κ2) is 8.50. The lowest BCUT2D eigenvalue weighted by molar-refractivity contribution is -0.122.